The molecule has 0 spiro atoms. The van der Waals surface area contributed by atoms with Crippen LogP contribution in [0.15, 0.2) is 29.1 Å². The van der Waals surface area contributed by atoms with Crippen molar-refractivity contribution in [2.24, 2.45) is 0 Å². The number of nitrogens with one attached hydrogen (secondary N) is 2. The van der Waals surface area contributed by atoms with Gasteiger partial charge in [-0.05, 0) is 25.1 Å². The van der Waals surface area contributed by atoms with Gasteiger partial charge in [-0.1, -0.05) is 0 Å². The molecule has 1 aromatic heterocycles. The summed E-state index contributed by atoms with van der Waals surface area (Å²) in [6.07, 6.45) is 0. The third kappa shape index (κ3) is 3.51. The lowest BCUT2D eigenvalue weighted by atomic mass is 10.2. The molecule has 1 aromatic carbocycles. The minimum Gasteiger partial charge on any atom is -0.374 e. The van der Waals surface area contributed by atoms with E-state index in [2.05, 4.69) is 15.6 Å². The van der Waals surface area contributed by atoms with Crippen molar-refractivity contribution in [2.45, 2.75) is 19.9 Å². The average Bonchev–Trinajstić information content (AvgIpc) is 2.86. The normalized spacial score (nSPS) is 11.9. The van der Waals surface area contributed by atoms with E-state index in [0.717, 1.165) is 5.69 Å². The maximum atomic E-state index is 13.7. The minimum atomic E-state index is -0.365. The number of thiazole rings is 1. The Labute approximate surface area is 114 Å². The highest BCUT2D eigenvalue weighted by molar-refractivity contribution is 7.07. The first-order valence-corrected chi connectivity index (χ1v) is 6.72. The molecule has 100 valence electrons. The largest absolute Gasteiger partial charge is 0.374 e. The molecule has 1 heterocycles. The van der Waals surface area contributed by atoms with Crippen molar-refractivity contribution < 1.29 is 9.18 Å². The van der Waals surface area contributed by atoms with Gasteiger partial charge in [0, 0.05) is 18.0 Å². The van der Waals surface area contributed by atoms with Crippen LogP contribution in [-0.4, -0.2) is 10.9 Å². The number of carbonyl (C=O) groups is 1. The highest BCUT2D eigenvalue weighted by Crippen LogP contribution is 2.24. The second-order valence-electron chi connectivity index (χ2n) is 4.16. The van der Waals surface area contributed by atoms with Gasteiger partial charge in [0.05, 0.1) is 22.9 Å². The molecule has 0 aliphatic carbocycles. The van der Waals surface area contributed by atoms with E-state index in [0.29, 0.717) is 11.4 Å². The Kier molecular flexibility index (Phi) is 4.11. The number of nitrogens with zero attached hydrogens (tertiary/aromatic N) is 1. The van der Waals surface area contributed by atoms with Crippen LogP contribution in [0.3, 0.4) is 0 Å². The summed E-state index contributed by atoms with van der Waals surface area (Å²) in [6, 6.07) is 4.31. The first kappa shape index (κ1) is 13.5. The van der Waals surface area contributed by atoms with E-state index in [-0.39, 0.29) is 17.8 Å². The topological polar surface area (TPSA) is 54.0 Å². The van der Waals surface area contributed by atoms with Gasteiger partial charge in [-0.15, -0.1) is 11.3 Å². The first-order valence-electron chi connectivity index (χ1n) is 5.78. The van der Waals surface area contributed by atoms with Gasteiger partial charge < -0.3 is 10.6 Å². The van der Waals surface area contributed by atoms with Gasteiger partial charge in [0.15, 0.2) is 0 Å². The number of rotatable bonds is 4. The van der Waals surface area contributed by atoms with E-state index in [1.54, 1.807) is 11.6 Å². The van der Waals surface area contributed by atoms with Gasteiger partial charge in [-0.3, -0.25) is 4.79 Å². The van der Waals surface area contributed by atoms with Crippen LogP contribution in [0.2, 0.25) is 0 Å². The van der Waals surface area contributed by atoms with Crippen LogP contribution < -0.4 is 10.6 Å². The smallest absolute Gasteiger partial charge is 0.221 e. The van der Waals surface area contributed by atoms with E-state index in [1.807, 2.05) is 12.3 Å². The number of amides is 1. The minimum absolute atomic E-state index is 0.103. The number of benzene rings is 1. The monoisotopic (exact) mass is 279 g/mol. The number of aromatic nitrogens is 1. The van der Waals surface area contributed by atoms with Crippen molar-refractivity contribution in [3.8, 4) is 0 Å². The van der Waals surface area contributed by atoms with Crippen molar-refractivity contribution in [3.05, 3.63) is 40.6 Å². The maximum Gasteiger partial charge on any atom is 0.221 e. The molecule has 2 N–H and O–H groups in total. The molecule has 1 atom stereocenters. The van der Waals surface area contributed by atoms with E-state index in [9.17, 15) is 9.18 Å². The molecule has 19 heavy (non-hydrogen) atoms. The molecule has 0 saturated carbocycles. The highest BCUT2D eigenvalue weighted by atomic mass is 32.1. The van der Waals surface area contributed by atoms with Crippen LogP contribution >= 0.6 is 11.3 Å². The quantitative estimate of drug-likeness (QED) is 0.901. The highest BCUT2D eigenvalue weighted by Gasteiger charge is 2.11. The molecule has 0 saturated heterocycles. The lowest BCUT2D eigenvalue weighted by Gasteiger charge is -2.15. The SMILES string of the molecule is CC(=O)Nc1ccc(F)c(NC(C)c2cscn2)c1. The first-order chi connectivity index (χ1) is 9.06. The number of hydrogen-bond donors (Lipinski definition) is 2. The average molecular weight is 279 g/mol. The van der Waals surface area contributed by atoms with Crippen LogP contribution in [0.25, 0.3) is 0 Å². The Morgan fingerprint density at radius 3 is 2.89 bits per heavy atom. The number of halogens is 1. The van der Waals surface area contributed by atoms with Crippen LogP contribution in [0.1, 0.15) is 25.6 Å². The van der Waals surface area contributed by atoms with E-state index in [4.69, 9.17) is 0 Å². The Morgan fingerprint density at radius 2 is 2.26 bits per heavy atom. The molecular formula is C13H14FN3OS. The zero-order valence-electron chi connectivity index (χ0n) is 10.6. The standard InChI is InChI=1S/C13H14FN3OS/c1-8(13-6-19-7-15-13)16-12-5-10(17-9(2)18)3-4-11(12)14/h3-8,16H,1-2H3,(H,17,18). The molecule has 6 heteroatoms. The summed E-state index contributed by atoms with van der Waals surface area (Å²) in [5.41, 5.74) is 3.49. The van der Waals surface area contributed by atoms with Crippen molar-refractivity contribution in [3.63, 3.8) is 0 Å². The number of carbonyl (C=O) groups excluding carboxylic acids is 1. The van der Waals surface area contributed by atoms with Gasteiger partial charge in [0.2, 0.25) is 5.91 Å². The van der Waals surface area contributed by atoms with E-state index < -0.39 is 0 Å². The lowest BCUT2D eigenvalue weighted by Crippen LogP contribution is -2.10. The Balaban J connectivity index is 2.17. The van der Waals surface area contributed by atoms with Gasteiger partial charge in [0.25, 0.3) is 0 Å². The summed E-state index contributed by atoms with van der Waals surface area (Å²) >= 11 is 1.49. The summed E-state index contributed by atoms with van der Waals surface area (Å²) in [5.74, 6) is -0.554. The van der Waals surface area contributed by atoms with Crippen LogP contribution in [0, 0.1) is 5.82 Å². The fourth-order valence-corrected chi connectivity index (χ4v) is 2.31. The maximum absolute atomic E-state index is 13.7. The third-order valence-electron chi connectivity index (χ3n) is 2.55. The zero-order chi connectivity index (χ0) is 13.8. The fraction of sp³-hybridized carbons (Fsp3) is 0.231. The lowest BCUT2D eigenvalue weighted by molar-refractivity contribution is -0.114. The number of hydrogen-bond acceptors (Lipinski definition) is 4. The molecule has 0 aliphatic rings. The second-order valence-corrected chi connectivity index (χ2v) is 4.87. The number of anilines is 2. The third-order valence-corrected chi connectivity index (χ3v) is 3.16. The van der Waals surface area contributed by atoms with Crippen LogP contribution in [-0.2, 0) is 4.79 Å². The van der Waals surface area contributed by atoms with Gasteiger partial charge >= 0.3 is 0 Å². The Bertz CT molecular complexity index is 571. The Morgan fingerprint density at radius 1 is 1.47 bits per heavy atom. The summed E-state index contributed by atoms with van der Waals surface area (Å²) in [4.78, 5) is 15.2. The second kappa shape index (κ2) is 5.79. The molecule has 2 rings (SSSR count). The zero-order valence-corrected chi connectivity index (χ0v) is 11.4. The molecule has 0 radical (unpaired) electrons. The fourth-order valence-electron chi connectivity index (χ4n) is 1.66. The van der Waals surface area contributed by atoms with Crippen molar-refractivity contribution in [1.29, 1.82) is 0 Å². The molecular weight excluding hydrogens is 265 g/mol. The van der Waals surface area contributed by atoms with Crippen LogP contribution in [0.4, 0.5) is 15.8 Å². The van der Waals surface area contributed by atoms with Gasteiger partial charge in [0.1, 0.15) is 5.82 Å². The van der Waals surface area contributed by atoms with Crippen molar-refractivity contribution >= 4 is 28.6 Å². The summed E-state index contributed by atoms with van der Waals surface area (Å²) in [6.45, 7) is 3.31. The van der Waals surface area contributed by atoms with E-state index in [1.165, 1.54) is 30.4 Å². The molecule has 0 bridgehead atoms. The van der Waals surface area contributed by atoms with Crippen molar-refractivity contribution in [1.82, 2.24) is 4.98 Å². The predicted octanol–water partition coefficient (Wildman–Crippen LogP) is 3.41. The molecule has 0 aliphatic heterocycles. The van der Waals surface area contributed by atoms with Crippen molar-refractivity contribution in [2.75, 3.05) is 10.6 Å². The predicted molar refractivity (Wildman–Crippen MR) is 74.9 cm³/mol. The van der Waals surface area contributed by atoms with Gasteiger partial charge in [-0.2, -0.15) is 0 Å². The summed E-state index contributed by atoms with van der Waals surface area (Å²) in [5, 5.41) is 7.58. The van der Waals surface area contributed by atoms with Crippen LogP contribution in [0.5, 0.6) is 0 Å². The van der Waals surface area contributed by atoms with Gasteiger partial charge in [-0.25, -0.2) is 9.37 Å². The molecule has 4 nitrogen and oxygen atoms in total. The summed E-state index contributed by atoms with van der Waals surface area (Å²) < 4.78 is 13.7. The molecule has 2 aromatic rings. The molecule has 1 amide bonds. The molecule has 0 fully saturated rings. The van der Waals surface area contributed by atoms with E-state index >= 15 is 0 Å². The molecule has 1 unspecified atom stereocenters. The Hall–Kier alpha value is -1.95. The summed E-state index contributed by atoms with van der Waals surface area (Å²) in [7, 11) is 0.